The fourth-order valence-corrected chi connectivity index (χ4v) is 2.14. The molecule has 1 aliphatic carbocycles. The molecule has 3 nitrogen and oxygen atoms in total. The van der Waals surface area contributed by atoms with Gasteiger partial charge in [0, 0.05) is 13.1 Å². The molecule has 67 valence electrons. The first kappa shape index (κ1) is 7.90. The Labute approximate surface area is 73.1 Å². The molecular formula is C9H15N2O. The molecule has 1 heterocycles. The second-order valence-electron chi connectivity index (χ2n) is 3.76. The van der Waals surface area contributed by atoms with Crippen LogP contribution in [0.15, 0.2) is 0 Å². The minimum atomic E-state index is 0.0156. The van der Waals surface area contributed by atoms with Crippen LogP contribution in [0.1, 0.15) is 25.7 Å². The van der Waals surface area contributed by atoms with Crippen LogP contribution in [0, 0.1) is 5.92 Å². The molecule has 0 aromatic heterocycles. The molecule has 1 aliphatic heterocycles. The minimum absolute atomic E-state index is 0.0156. The summed E-state index contributed by atoms with van der Waals surface area (Å²) in [5, 5.41) is 3.85. The minimum Gasteiger partial charge on any atom is -0.321 e. The second-order valence-corrected chi connectivity index (χ2v) is 3.76. The normalized spacial score (nSPS) is 25.0. The number of rotatable bonds is 2. The molecule has 2 rings (SSSR count). The maximum atomic E-state index is 11.1. The van der Waals surface area contributed by atoms with Crippen LogP contribution in [0.5, 0.6) is 0 Å². The molecule has 3 heteroatoms. The third-order valence-corrected chi connectivity index (χ3v) is 2.84. The van der Waals surface area contributed by atoms with E-state index in [2.05, 4.69) is 5.32 Å². The van der Waals surface area contributed by atoms with Gasteiger partial charge in [-0.05, 0) is 18.8 Å². The van der Waals surface area contributed by atoms with Crippen molar-refractivity contribution in [1.82, 2.24) is 10.2 Å². The number of amides is 2. The van der Waals surface area contributed by atoms with E-state index >= 15 is 0 Å². The van der Waals surface area contributed by atoms with Gasteiger partial charge in [0.05, 0.1) is 6.54 Å². The van der Waals surface area contributed by atoms with Crippen LogP contribution in [0.25, 0.3) is 0 Å². The van der Waals surface area contributed by atoms with Crippen LogP contribution in [-0.2, 0) is 0 Å². The Morgan fingerprint density at radius 2 is 2.17 bits per heavy atom. The fraction of sp³-hybridized carbons (Fsp3) is 0.889. The van der Waals surface area contributed by atoms with Crippen LogP contribution in [-0.4, -0.2) is 30.6 Å². The standard InChI is InChI=1S/C9H15N2O/c12-9-10-5-6-11(9)7-8-3-1-2-4-8/h8H,1-7H2. The Bertz CT molecular complexity index is 175. The van der Waals surface area contributed by atoms with Crippen molar-refractivity contribution in [2.45, 2.75) is 25.7 Å². The van der Waals surface area contributed by atoms with E-state index in [-0.39, 0.29) is 6.03 Å². The molecule has 0 N–H and O–H groups in total. The van der Waals surface area contributed by atoms with Gasteiger partial charge in [0.25, 0.3) is 0 Å². The van der Waals surface area contributed by atoms with E-state index in [0.717, 1.165) is 19.0 Å². The van der Waals surface area contributed by atoms with Gasteiger partial charge in [-0.2, -0.15) is 0 Å². The molecule has 1 saturated heterocycles. The Morgan fingerprint density at radius 3 is 2.75 bits per heavy atom. The summed E-state index contributed by atoms with van der Waals surface area (Å²) in [7, 11) is 0. The summed E-state index contributed by atoms with van der Waals surface area (Å²) in [6.07, 6.45) is 5.32. The predicted octanol–water partition coefficient (Wildman–Crippen LogP) is 1.22. The average molecular weight is 167 g/mol. The van der Waals surface area contributed by atoms with E-state index < -0.39 is 0 Å². The lowest BCUT2D eigenvalue weighted by Crippen LogP contribution is -2.30. The quantitative estimate of drug-likeness (QED) is 0.609. The van der Waals surface area contributed by atoms with E-state index in [9.17, 15) is 4.79 Å². The molecule has 0 atom stereocenters. The Morgan fingerprint density at radius 1 is 1.42 bits per heavy atom. The SMILES string of the molecule is O=C1[N]CCN1CC1CCCC1. The molecular weight excluding hydrogens is 152 g/mol. The number of carbonyl (C=O) groups is 1. The lowest BCUT2D eigenvalue weighted by molar-refractivity contribution is 0.208. The highest BCUT2D eigenvalue weighted by Gasteiger charge is 2.25. The summed E-state index contributed by atoms with van der Waals surface area (Å²) in [6, 6.07) is 0.0156. The highest BCUT2D eigenvalue weighted by atomic mass is 16.2. The van der Waals surface area contributed by atoms with Gasteiger partial charge in [-0.3, -0.25) is 0 Å². The van der Waals surface area contributed by atoms with Crippen molar-refractivity contribution < 1.29 is 4.79 Å². The first-order valence-electron chi connectivity index (χ1n) is 4.82. The third kappa shape index (κ3) is 1.54. The Kier molecular flexibility index (Phi) is 2.19. The molecule has 1 radical (unpaired) electrons. The molecule has 0 aromatic rings. The van der Waals surface area contributed by atoms with E-state index in [0.29, 0.717) is 6.54 Å². The zero-order valence-corrected chi connectivity index (χ0v) is 7.33. The van der Waals surface area contributed by atoms with Gasteiger partial charge in [-0.1, -0.05) is 12.8 Å². The molecule has 0 spiro atoms. The van der Waals surface area contributed by atoms with Crippen LogP contribution in [0.4, 0.5) is 4.79 Å². The second kappa shape index (κ2) is 3.33. The molecule has 0 bridgehead atoms. The van der Waals surface area contributed by atoms with Crippen LogP contribution >= 0.6 is 0 Å². The smallest absolute Gasteiger partial charge is 0.321 e. The van der Waals surface area contributed by atoms with Crippen molar-refractivity contribution in [1.29, 1.82) is 0 Å². The van der Waals surface area contributed by atoms with Crippen molar-refractivity contribution in [3.8, 4) is 0 Å². The zero-order valence-electron chi connectivity index (χ0n) is 7.33. The lowest BCUT2D eigenvalue weighted by atomic mass is 10.1. The summed E-state index contributed by atoms with van der Waals surface area (Å²) in [6.45, 7) is 2.53. The van der Waals surface area contributed by atoms with Crippen LogP contribution < -0.4 is 5.32 Å². The van der Waals surface area contributed by atoms with Gasteiger partial charge in [-0.15, -0.1) is 0 Å². The number of nitrogens with zero attached hydrogens (tertiary/aromatic N) is 2. The molecule has 0 aromatic carbocycles. The van der Waals surface area contributed by atoms with Gasteiger partial charge in [0.15, 0.2) is 0 Å². The fourth-order valence-electron chi connectivity index (χ4n) is 2.14. The number of hydrogen-bond acceptors (Lipinski definition) is 1. The highest BCUT2D eigenvalue weighted by Crippen LogP contribution is 2.25. The Hall–Kier alpha value is -0.730. The van der Waals surface area contributed by atoms with Crippen molar-refractivity contribution in [3.05, 3.63) is 0 Å². The predicted molar refractivity (Wildman–Crippen MR) is 45.9 cm³/mol. The first-order chi connectivity index (χ1) is 5.86. The van der Waals surface area contributed by atoms with E-state index in [4.69, 9.17) is 0 Å². The number of urea groups is 1. The average Bonchev–Trinajstić information content (AvgIpc) is 2.65. The van der Waals surface area contributed by atoms with Crippen LogP contribution in [0.3, 0.4) is 0 Å². The summed E-state index contributed by atoms with van der Waals surface area (Å²) in [5.74, 6) is 0.766. The summed E-state index contributed by atoms with van der Waals surface area (Å²) < 4.78 is 0. The summed E-state index contributed by atoms with van der Waals surface area (Å²) in [5.41, 5.74) is 0. The zero-order chi connectivity index (χ0) is 8.39. The lowest BCUT2D eigenvalue weighted by Gasteiger charge is -2.17. The first-order valence-corrected chi connectivity index (χ1v) is 4.82. The molecule has 12 heavy (non-hydrogen) atoms. The van der Waals surface area contributed by atoms with Gasteiger partial charge in [0.1, 0.15) is 0 Å². The molecule has 2 amide bonds. The summed E-state index contributed by atoms with van der Waals surface area (Å²) in [4.78, 5) is 13.0. The molecule has 0 unspecified atom stereocenters. The van der Waals surface area contributed by atoms with Gasteiger partial charge < -0.3 is 4.90 Å². The van der Waals surface area contributed by atoms with E-state index in [1.54, 1.807) is 0 Å². The van der Waals surface area contributed by atoms with Gasteiger partial charge in [-0.25, -0.2) is 10.1 Å². The van der Waals surface area contributed by atoms with E-state index in [1.807, 2.05) is 4.90 Å². The molecule has 2 aliphatic rings. The maximum absolute atomic E-state index is 11.1. The topological polar surface area (TPSA) is 34.4 Å². The molecule has 1 saturated carbocycles. The monoisotopic (exact) mass is 167 g/mol. The number of carbonyl (C=O) groups excluding carboxylic acids is 1. The van der Waals surface area contributed by atoms with Crippen molar-refractivity contribution in [2.24, 2.45) is 5.92 Å². The maximum Gasteiger partial charge on any atom is 0.339 e. The molecule has 2 fully saturated rings. The largest absolute Gasteiger partial charge is 0.339 e. The van der Waals surface area contributed by atoms with Crippen molar-refractivity contribution in [3.63, 3.8) is 0 Å². The summed E-state index contributed by atoms with van der Waals surface area (Å²) >= 11 is 0. The van der Waals surface area contributed by atoms with Gasteiger partial charge in [0.2, 0.25) is 0 Å². The van der Waals surface area contributed by atoms with Crippen molar-refractivity contribution in [2.75, 3.05) is 19.6 Å². The van der Waals surface area contributed by atoms with Crippen LogP contribution in [0.2, 0.25) is 0 Å². The van der Waals surface area contributed by atoms with Gasteiger partial charge >= 0.3 is 6.03 Å². The van der Waals surface area contributed by atoms with E-state index in [1.165, 1.54) is 25.7 Å². The third-order valence-electron chi connectivity index (χ3n) is 2.84. The number of hydrogen-bond donors (Lipinski definition) is 0. The van der Waals surface area contributed by atoms with Crippen molar-refractivity contribution >= 4 is 6.03 Å². The Balaban J connectivity index is 1.81. The highest BCUT2D eigenvalue weighted by molar-refractivity contribution is 5.75.